The molecule has 4 heteroatoms. The molecule has 86 valence electrons. The summed E-state index contributed by atoms with van der Waals surface area (Å²) >= 11 is 11.9. The Morgan fingerprint density at radius 1 is 1.19 bits per heavy atom. The van der Waals surface area contributed by atoms with Gasteiger partial charge in [-0.25, -0.2) is 4.98 Å². The lowest BCUT2D eigenvalue weighted by Gasteiger charge is -2.04. The van der Waals surface area contributed by atoms with Crippen molar-refractivity contribution in [3.8, 4) is 0 Å². The topological polar surface area (TPSA) is 17.8 Å². The first-order chi connectivity index (χ1) is 7.72. The number of benzene rings is 1. The molecule has 16 heavy (non-hydrogen) atoms. The van der Waals surface area contributed by atoms with Gasteiger partial charge < -0.3 is 4.57 Å². The van der Waals surface area contributed by atoms with Crippen LogP contribution in [0.3, 0.4) is 0 Å². The van der Waals surface area contributed by atoms with Crippen molar-refractivity contribution in [2.24, 2.45) is 0 Å². The van der Waals surface area contributed by atoms with E-state index in [0.29, 0.717) is 10.0 Å². The van der Waals surface area contributed by atoms with E-state index in [-0.39, 0.29) is 0 Å². The van der Waals surface area contributed by atoms with Gasteiger partial charge in [-0.3, -0.25) is 0 Å². The molecule has 2 rings (SSSR count). The molecule has 2 aromatic rings. The molecular formula is C12H14Cl2N2. The van der Waals surface area contributed by atoms with E-state index in [4.69, 9.17) is 23.2 Å². The lowest BCUT2D eigenvalue weighted by Crippen LogP contribution is -1.95. The maximum atomic E-state index is 6.00. The Morgan fingerprint density at radius 2 is 1.94 bits per heavy atom. The van der Waals surface area contributed by atoms with E-state index in [1.54, 1.807) is 0 Å². The van der Waals surface area contributed by atoms with Crippen LogP contribution in [-0.2, 0) is 6.54 Å². The van der Waals surface area contributed by atoms with Gasteiger partial charge in [0, 0.05) is 6.54 Å². The lowest BCUT2D eigenvalue weighted by atomic mass is 10.2. The SMILES string of the molecule is CCCCCn1cnc2cc(Cl)c(Cl)cc21. The minimum Gasteiger partial charge on any atom is -0.331 e. The summed E-state index contributed by atoms with van der Waals surface area (Å²) in [5.41, 5.74) is 1.97. The second-order valence-corrected chi connectivity index (χ2v) is 4.71. The molecule has 0 fully saturated rings. The van der Waals surface area contributed by atoms with Crippen LogP contribution >= 0.6 is 23.2 Å². The summed E-state index contributed by atoms with van der Waals surface area (Å²) in [7, 11) is 0. The van der Waals surface area contributed by atoms with Crippen molar-refractivity contribution < 1.29 is 0 Å². The molecule has 0 unspecified atom stereocenters. The Hall–Kier alpha value is -0.730. The van der Waals surface area contributed by atoms with Crippen LogP contribution in [-0.4, -0.2) is 9.55 Å². The molecule has 0 aliphatic heterocycles. The van der Waals surface area contributed by atoms with Crippen molar-refractivity contribution >= 4 is 34.2 Å². The van der Waals surface area contributed by atoms with E-state index in [9.17, 15) is 0 Å². The molecule has 0 bridgehead atoms. The Morgan fingerprint density at radius 3 is 2.69 bits per heavy atom. The molecule has 1 heterocycles. The van der Waals surface area contributed by atoms with E-state index in [1.807, 2.05) is 18.5 Å². The van der Waals surface area contributed by atoms with Gasteiger partial charge in [0.25, 0.3) is 0 Å². The molecule has 1 aromatic carbocycles. The van der Waals surface area contributed by atoms with Crippen LogP contribution < -0.4 is 0 Å². The molecule has 0 atom stereocenters. The molecule has 0 aliphatic rings. The first kappa shape index (κ1) is 11.7. The highest BCUT2D eigenvalue weighted by molar-refractivity contribution is 6.42. The van der Waals surface area contributed by atoms with E-state index in [0.717, 1.165) is 17.6 Å². The number of rotatable bonds is 4. The number of hydrogen-bond acceptors (Lipinski definition) is 1. The van der Waals surface area contributed by atoms with E-state index >= 15 is 0 Å². The zero-order chi connectivity index (χ0) is 11.5. The van der Waals surface area contributed by atoms with Gasteiger partial charge in [-0.05, 0) is 18.6 Å². The minimum absolute atomic E-state index is 0.563. The van der Waals surface area contributed by atoms with Crippen molar-refractivity contribution in [2.45, 2.75) is 32.7 Å². The molecule has 2 nitrogen and oxygen atoms in total. The van der Waals surface area contributed by atoms with Gasteiger partial charge >= 0.3 is 0 Å². The van der Waals surface area contributed by atoms with Gasteiger partial charge in [-0.2, -0.15) is 0 Å². The van der Waals surface area contributed by atoms with Crippen LogP contribution in [0.2, 0.25) is 10.0 Å². The van der Waals surface area contributed by atoms with E-state index < -0.39 is 0 Å². The van der Waals surface area contributed by atoms with Gasteiger partial charge in [-0.15, -0.1) is 0 Å². The number of imidazole rings is 1. The predicted molar refractivity (Wildman–Crippen MR) is 69.3 cm³/mol. The van der Waals surface area contributed by atoms with Gasteiger partial charge in [0.05, 0.1) is 27.4 Å². The monoisotopic (exact) mass is 256 g/mol. The predicted octanol–water partition coefficient (Wildman–Crippen LogP) is 4.53. The molecule has 0 amide bonds. The first-order valence-corrected chi connectivity index (χ1v) is 6.28. The second-order valence-electron chi connectivity index (χ2n) is 3.90. The van der Waals surface area contributed by atoms with Gasteiger partial charge in [-0.1, -0.05) is 43.0 Å². The average molecular weight is 257 g/mol. The smallest absolute Gasteiger partial charge is 0.0958 e. The zero-order valence-electron chi connectivity index (χ0n) is 9.21. The van der Waals surface area contributed by atoms with Gasteiger partial charge in [0.15, 0.2) is 0 Å². The standard InChI is InChI=1S/C12H14Cl2N2/c1-2-3-4-5-16-8-15-11-6-9(13)10(14)7-12(11)16/h6-8H,2-5H2,1H3. The number of halogens is 2. The first-order valence-electron chi connectivity index (χ1n) is 5.52. The van der Waals surface area contributed by atoms with Crippen LogP contribution in [0.25, 0.3) is 11.0 Å². The minimum atomic E-state index is 0.563. The zero-order valence-corrected chi connectivity index (χ0v) is 10.7. The van der Waals surface area contributed by atoms with Crippen LogP contribution in [0.5, 0.6) is 0 Å². The third kappa shape index (κ3) is 2.33. The van der Waals surface area contributed by atoms with Crippen LogP contribution in [0.4, 0.5) is 0 Å². The highest BCUT2D eigenvalue weighted by Gasteiger charge is 2.06. The third-order valence-electron chi connectivity index (χ3n) is 2.67. The summed E-state index contributed by atoms with van der Waals surface area (Å²) in [6.45, 7) is 3.19. The number of aromatic nitrogens is 2. The summed E-state index contributed by atoms with van der Waals surface area (Å²) in [6, 6.07) is 3.70. The number of fused-ring (bicyclic) bond motifs is 1. The highest BCUT2D eigenvalue weighted by atomic mass is 35.5. The Labute approximate surface area is 105 Å². The summed E-state index contributed by atoms with van der Waals surface area (Å²) in [4.78, 5) is 4.32. The Bertz CT molecular complexity index is 491. The maximum absolute atomic E-state index is 6.00. The van der Waals surface area contributed by atoms with Crippen LogP contribution in [0.1, 0.15) is 26.2 Å². The average Bonchev–Trinajstić information content (AvgIpc) is 2.63. The number of hydrogen-bond donors (Lipinski definition) is 0. The number of unbranched alkanes of at least 4 members (excludes halogenated alkanes) is 2. The molecule has 0 saturated heterocycles. The molecule has 0 spiro atoms. The largest absolute Gasteiger partial charge is 0.331 e. The molecular weight excluding hydrogens is 243 g/mol. The van der Waals surface area contributed by atoms with Crippen molar-refractivity contribution in [2.75, 3.05) is 0 Å². The fraction of sp³-hybridized carbons (Fsp3) is 0.417. The van der Waals surface area contributed by atoms with Gasteiger partial charge in [0.1, 0.15) is 0 Å². The number of nitrogens with zero attached hydrogens (tertiary/aromatic N) is 2. The van der Waals surface area contributed by atoms with Crippen molar-refractivity contribution in [1.29, 1.82) is 0 Å². The summed E-state index contributed by atoms with van der Waals surface area (Å²) in [5.74, 6) is 0. The third-order valence-corrected chi connectivity index (χ3v) is 3.39. The summed E-state index contributed by atoms with van der Waals surface area (Å²) < 4.78 is 2.13. The van der Waals surface area contributed by atoms with Crippen molar-refractivity contribution in [3.63, 3.8) is 0 Å². The van der Waals surface area contributed by atoms with E-state index in [1.165, 1.54) is 19.3 Å². The van der Waals surface area contributed by atoms with Crippen molar-refractivity contribution in [3.05, 3.63) is 28.5 Å². The van der Waals surface area contributed by atoms with Crippen molar-refractivity contribution in [1.82, 2.24) is 9.55 Å². The van der Waals surface area contributed by atoms with Crippen LogP contribution in [0, 0.1) is 0 Å². The molecule has 0 saturated carbocycles. The van der Waals surface area contributed by atoms with Crippen LogP contribution in [0.15, 0.2) is 18.5 Å². The Kier molecular flexibility index (Phi) is 3.72. The highest BCUT2D eigenvalue weighted by Crippen LogP contribution is 2.27. The fourth-order valence-corrected chi connectivity index (χ4v) is 2.08. The molecule has 0 aliphatic carbocycles. The van der Waals surface area contributed by atoms with E-state index in [2.05, 4.69) is 16.5 Å². The summed E-state index contributed by atoms with van der Waals surface area (Å²) in [6.07, 6.45) is 5.48. The lowest BCUT2D eigenvalue weighted by molar-refractivity contribution is 0.613. The molecule has 1 aromatic heterocycles. The maximum Gasteiger partial charge on any atom is 0.0958 e. The number of aryl methyl sites for hydroxylation is 1. The fourth-order valence-electron chi connectivity index (χ4n) is 1.76. The Balaban J connectivity index is 2.29. The normalized spacial score (nSPS) is 11.2. The molecule has 0 N–H and O–H groups in total. The quantitative estimate of drug-likeness (QED) is 0.735. The summed E-state index contributed by atoms with van der Waals surface area (Å²) in [5, 5.41) is 1.15. The second kappa shape index (κ2) is 5.07. The van der Waals surface area contributed by atoms with Gasteiger partial charge in [0.2, 0.25) is 0 Å². The molecule has 0 radical (unpaired) electrons.